The Hall–Kier alpha value is -5.58. The van der Waals surface area contributed by atoms with Crippen LogP contribution in [0.5, 0.6) is 5.75 Å². The Bertz CT molecular complexity index is 1950. The number of phenolic OH excluding ortho intramolecular Hbond substituents is 1. The molecule has 0 aliphatic carbocycles. The van der Waals surface area contributed by atoms with Crippen molar-refractivity contribution >= 4 is 45.5 Å². The molecule has 2 heterocycles. The second-order valence-corrected chi connectivity index (χ2v) is 12.1. The van der Waals surface area contributed by atoms with Crippen LogP contribution in [0.1, 0.15) is 37.5 Å². The van der Waals surface area contributed by atoms with E-state index in [1.54, 1.807) is 64.2 Å². The van der Waals surface area contributed by atoms with Crippen molar-refractivity contribution in [2.75, 3.05) is 5.32 Å². The van der Waals surface area contributed by atoms with E-state index in [1.807, 2.05) is 24.3 Å². The molecule has 0 saturated heterocycles. The fraction of sp³-hybridized carbons (Fsp3) is 0.257. The van der Waals surface area contributed by atoms with Crippen molar-refractivity contribution in [3.8, 4) is 5.75 Å². The molecule has 5 N–H and O–H groups in total. The third-order valence-corrected chi connectivity index (χ3v) is 7.33. The number of para-hydroxylation sites is 1. The lowest BCUT2D eigenvalue weighted by molar-refractivity contribution is -0.127. The topological polar surface area (TPSA) is 163 Å². The van der Waals surface area contributed by atoms with Gasteiger partial charge in [0.1, 0.15) is 29.0 Å². The predicted octanol–water partition coefficient (Wildman–Crippen LogP) is 5.09. The maximum Gasteiger partial charge on any atom is 0.408 e. The van der Waals surface area contributed by atoms with Gasteiger partial charge in [-0.05, 0) is 74.7 Å². The summed E-state index contributed by atoms with van der Waals surface area (Å²) in [5.41, 5.74) is 2.46. The molecule has 5 aromatic rings. The number of phenols is 1. The zero-order chi connectivity index (χ0) is 33.0. The van der Waals surface area contributed by atoms with E-state index in [0.29, 0.717) is 16.8 Å². The van der Waals surface area contributed by atoms with Gasteiger partial charge in [0.05, 0.1) is 0 Å². The first kappa shape index (κ1) is 31.8. The minimum Gasteiger partial charge on any atom is -0.508 e. The van der Waals surface area contributed by atoms with E-state index in [1.165, 1.54) is 18.2 Å². The number of amides is 3. The van der Waals surface area contributed by atoms with Crippen LogP contribution in [-0.4, -0.2) is 45.7 Å². The van der Waals surface area contributed by atoms with E-state index in [0.717, 1.165) is 27.4 Å². The van der Waals surface area contributed by atoms with Gasteiger partial charge in [0.2, 0.25) is 11.8 Å². The highest BCUT2D eigenvalue weighted by atomic mass is 16.6. The van der Waals surface area contributed by atoms with Crippen molar-refractivity contribution in [1.82, 2.24) is 15.6 Å². The van der Waals surface area contributed by atoms with Gasteiger partial charge in [-0.1, -0.05) is 30.3 Å². The van der Waals surface area contributed by atoms with Crippen LogP contribution in [0.25, 0.3) is 21.9 Å². The molecule has 0 bridgehead atoms. The lowest BCUT2D eigenvalue weighted by Gasteiger charge is -2.25. The molecule has 2 atom stereocenters. The second-order valence-electron chi connectivity index (χ2n) is 12.1. The maximum absolute atomic E-state index is 13.9. The van der Waals surface area contributed by atoms with Crippen molar-refractivity contribution < 1.29 is 28.6 Å². The van der Waals surface area contributed by atoms with Gasteiger partial charge in [0, 0.05) is 53.1 Å². The van der Waals surface area contributed by atoms with Gasteiger partial charge in [-0.25, -0.2) is 9.59 Å². The minimum absolute atomic E-state index is 0.0587. The summed E-state index contributed by atoms with van der Waals surface area (Å²) in [6.45, 7) is 6.93. The molecule has 0 fully saturated rings. The number of rotatable bonds is 9. The summed E-state index contributed by atoms with van der Waals surface area (Å²) in [4.78, 5) is 55.6. The average molecular weight is 625 g/mol. The normalized spacial score (nSPS) is 12.8. The summed E-state index contributed by atoms with van der Waals surface area (Å²) in [7, 11) is 0. The predicted molar refractivity (Wildman–Crippen MR) is 175 cm³/mol. The summed E-state index contributed by atoms with van der Waals surface area (Å²) in [6, 6.07) is 18.1. The molecule has 238 valence electrons. The largest absolute Gasteiger partial charge is 0.508 e. The van der Waals surface area contributed by atoms with E-state index in [4.69, 9.17) is 9.15 Å². The van der Waals surface area contributed by atoms with Gasteiger partial charge >= 0.3 is 11.7 Å². The molecule has 2 aromatic heterocycles. The van der Waals surface area contributed by atoms with Gasteiger partial charge < -0.3 is 35.2 Å². The number of alkyl carbamates (subject to hydrolysis) is 1. The number of nitrogens with one attached hydrogen (secondary N) is 4. The average Bonchev–Trinajstić information content (AvgIpc) is 3.39. The van der Waals surface area contributed by atoms with Gasteiger partial charge in [-0.3, -0.25) is 9.59 Å². The van der Waals surface area contributed by atoms with Crippen molar-refractivity contribution in [2.24, 2.45) is 0 Å². The minimum atomic E-state index is -1.12. The number of hydrogen-bond acceptors (Lipinski definition) is 7. The smallest absolute Gasteiger partial charge is 0.408 e. The number of hydrogen-bond donors (Lipinski definition) is 5. The maximum atomic E-state index is 13.9. The number of aryl methyl sites for hydroxylation is 1. The van der Waals surface area contributed by atoms with Gasteiger partial charge in [-0.15, -0.1) is 0 Å². The van der Waals surface area contributed by atoms with Gasteiger partial charge in [-0.2, -0.15) is 0 Å². The van der Waals surface area contributed by atoms with Crippen LogP contribution in [0, 0.1) is 6.92 Å². The van der Waals surface area contributed by atoms with Crippen LogP contribution in [0.2, 0.25) is 0 Å². The van der Waals surface area contributed by atoms with Crippen molar-refractivity contribution in [3.63, 3.8) is 0 Å². The van der Waals surface area contributed by atoms with Crippen LogP contribution in [-0.2, 0) is 27.2 Å². The van der Waals surface area contributed by atoms with E-state index < -0.39 is 41.2 Å². The Morgan fingerprint density at radius 1 is 0.891 bits per heavy atom. The number of H-pyrrole nitrogens is 1. The Labute approximate surface area is 265 Å². The zero-order valence-corrected chi connectivity index (χ0v) is 26.0. The van der Waals surface area contributed by atoms with E-state index in [2.05, 4.69) is 20.9 Å². The fourth-order valence-electron chi connectivity index (χ4n) is 5.16. The number of aromatic amines is 1. The number of benzene rings is 3. The highest BCUT2D eigenvalue weighted by Gasteiger charge is 2.29. The van der Waals surface area contributed by atoms with Crippen LogP contribution >= 0.6 is 0 Å². The van der Waals surface area contributed by atoms with Gasteiger partial charge in [0.15, 0.2) is 0 Å². The second kappa shape index (κ2) is 13.2. The number of ether oxygens (including phenoxy) is 1. The molecule has 0 aliphatic heterocycles. The SMILES string of the molecule is Cc1cc(=O)oc2cc(NC(=O)[C@@H](Cc3c[nH]c4ccccc34)NC(=O)[C@H](Cc3ccc(O)cc3)NC(=O)OC(C)(C)C)ccc12. The van der Waals surface area contributed by atoms with E-state index >= 15 is 0 Å². The first-order valence-electron chi connectivity index (χ1n) is 14.8. The van der Waals surface area contributed by atoms with Crippen molar-refractivity contribution in [1.29, 1.82) is 0 Å². The van der Waals surface area contributed by atoms with E-state index in [9.17, 15) is 24.3 Å². The standard InChI is InChI=1S/C35H36N4O7/c1-20-15-31(41)45-30-18-23(11-14-25(20)30)37-32(42)29(17-22-19-36-27-8-6-5-7-26(22)27)38-33(43)28(39-34(44)46-35(2,3)4)16-21-9-12-24(40)13-10-21/h5-15,18-19,28-29,36,40H,16-17H2,1-4H3,(H,37,42)(H,38,43)(H,39,44)/t28-,29+/m0/s1. The molecule has 5 rings (SSSR count). The molecule has 3 amide bonds. The highest BCUT2D eigenvalue weighted by Crippen LogP contribution is 2.23. The monoisotopic (exact) mass is 624 g/mol. The van der Waals surface area contributed by atoms with Crippen LogP contribution in [0.3, 0.4) is 0 Å². The number of aromatic hydroxyl groups is 1. The molecule has 11 heteroatoms. The molecule has 0 unspecified atom stereocenters. The lowest BCUT2D eigenvalue weighted by atomic mass is 10.0. The first-order valence-corrected chi connectivity index (χ1v) is 14.8. The highest BCUT2D eigenvalue weighted by molar-refractivity contribution is 6.00. The Morgan fingerprint density at radius 2 is 1.61 bits per heavy atom. The molecular weight excluding hydrogens is 588 g/mol. The molecule has 46 heavy (non-hydrogen) atoms. The van der Waals surface area contributed by atoms with Crippen molar-refractivity contribution in [3.05, 3.63) is 106 Å². The first-order chi connectivity index (χ1) is 21.8. The van der Waals surface area contributed by atoms with E-state index in [-0.39, 0.29) is 18.6 Å². The molecule has 0 aliphatic rings. The Kier molecular flexibility index (Phi) is 9.13. The summed E-state index contributed by atoms with van der Waals surface area (Å²) in [6.07, 6.45) is 1.19. The van der Waals surface area contributed by atoms with Crippen LogP contribution in [0.4, 0.5) is 10.5 Å². The molecular formula is C35H36N4O7. The molecule has 0 radical (unpaired) electrons. The summed E-state index contributed by atoms with van der Waals surface area (Å²) < 4.78 is 10.7. The molecule has 11 nitrogen and oxygen atoms in total. The summed E-state index contributed by atoms with van der Waals surface area (Å²) in [5.74, 6) is -1.07. The number of anilines is 1. The number of aromatic nitrogens is 1. The Morgan fingerprint density at radius 3 is 2.35 bits per heavy atom. The number of carbonyl (C=O) groups is 3. The number of carbonyl (C=O) groups excluding carboxylic acids is 3. The Balaban J connectivity index is 1.44. The van der Waals surface area contributed by atoms with Crippen LogP contribution < -0.4 is 21.6 Å². The quantitative estimate of drug-likeness (QED) is 0.143. The summed E-state index contributed by atoms with van der Waals surface area (Å²) >= 11 is 0. The third kappa shape index (κ3) is 7.92. The zero-order valence-electron chi connectivity index (χ0n) is 26.0. The van der Waals surface area contributed by atoms with Gasteiger partial charge in [0.25, 0.3) is 0 Å². The van der Waals surface area contributed by atoms with Crippen molar-refractivity contribution in [2.45, 2.75) is 58.2 Å². The summed E-state index contributed by atoms with van der Waals surface area (Å²) in [5, 5.41) is 19.7. The fourth-order valence-corrected chi connectivity index (χ4v) is 5.16. The molecule has 0 spiro atoms. The third-order valence-electron chi connectivity index (χ3n) is 7.33. The molecule has 0 saturated carbocycles. The lowest BCUT2D eigenvalue weighted by Crippen LogP contribution is -2.54. The molecule has 3 aromatic carbocycles. The van der Waals surface area contributed by atoms with Crippen LogP contribution in [0.15, 0.2) is 88.2 Å². The number of fused-ring (bicyclic) bond motifs is 2.